The Morgan fingerprint density at radius 2 is 1.71 bits per heavy atom. The number of amides is 1. The number of halogens is 1. The van der Waals surface area contributed by atoms with Crippen LogP contribution in [-0.4, -0.2) is 74.1 Å². The molecular weight excluding hydrogens is 555 g/mol. The summed E-state index contributed by atoms with van der Waals surface area (Å²) in [6.07, 6.45) is 3.71. The SMILES string of the molecule is CN1CC2CCN(CC2)S(=O)(=O)NC(=O)c2ccc3c([C@H]4CCCC[C@@H]4F)c4n(c3c2)CC(COc2ccccc2-4)C1. The molecule has 8 nitrogen and oxygen atoms in total. The highest BCUT2D eigenvalue weighted by Crippen LogP contribution is 2.48. The van der Waals surface area contributed by atoms with Gasteiger partial charge in [-0.2, -0.15) is 12.7 Å². The third-order valence-corrected chi connectivity index (χ3v) is 11.2. The molecule has 1 saturated carbocycles. The van der Waals surface area contributed by atoms with Crippen molar-refractivity contribution in [2.75, 3.05) is 39.8 Å². The molecule has 8 rings (SSSR count). The molecule has 4 aliphatic heterocycles. The normalized spacial score (nSPS) is 30.0. The van der Waals surface area contributed by atoms with Gasteiger partial charge in [-0.05, 0) is 68.5 Å². The Balaban J connectivity index is 1.45. The van der Waals surface area contributed by atoms with Crippen LogP contribution in [-0.2, 0) is 16.8 Å². The van der Waals surface area contributed by atoms with Crippen molar-refractivity contribution in [3.63, 3.8) is 0 Å². The minimum Gasteiger partial charge on any atom is -0.492 e. The second kappa shape index (κ2) is 11.0. The van der Waals surface area contributed by atoms with E-state index in [1.54, 1.807) is 12.1 Å². The molecule has 2 fully saturated rings. The number of alkyl halides is 1. The summed E-state index contributed by atoms with van der Waals surface area (Å²) < 4.78 is 54.6. The average molecular weight is 595 g/mol. The zero-order chi connectivity index (χ0) is 29.0. The van der Waals surface area contributed by atoms with E-state index in [1.165, 1.54) is 4.31 Å². The van der Waals surface area contributed by atoms with E-state index in [-0.39, 0.29) is 17.4 Å². The van der Waals surface area contributed by atoms with Crippen LogP contribution in [0.25, 0.3) is 22.2 Å². The average Bonchev–Trinajstić information content (AvgIpc) is 3.27. The smallest absolute Gasteiger partial charge is 0.304 e. The van der Waals surface area contributed by atoms with E-state index in [9.17, 15) is 13.2 Å². The van der Waals surface area contributed by atoms with E-state index in [0.717, 1.165) is 78.7 Å². The number of nitrogens with zero attached hydrogens (tertiary/aromatic N) is 3. The van der Waals surface area contributed by atoms with Crippen molar-refractivity contribution < 1.29 is 22.3 Å². The summed E-state index contributed by atoms with van der Waals surface area (Å²) in [5, 5.41) is 0.923. The number of aromatic nitrogens is 1. The summed E-state index contributed by atoms with van der Waals surface area (Å²) >= 11 is 0. The number of rotatable bonds is 1. The molecule has 0 spiro atoms. The minimum atomic E-state index is -3.97. The molecule has 1 amide bonds. The van der Waals surface area contributed by atoms with Crippen molar-refractivity contribution in [1.82, 2.24) is 18.5 Å². The van der Waals surface area contributed by atoms with Gasteiger partial charge in [-0.15, -0.1) is 0 Å². The molecule has 1 unspecified atom stereocenters. The number of piperidine rings is 1. The number of hydrogen-bond donors (Lipinski definition) is 1. The number of fused-ring (bicyclic) bond motifs is 8. The van der Waals surface area contributed by atoms with E-state index >= 15 is 4.39 Å². The van der Waals surface area contributed by atoms with E-state index in [4.69, 9.17) is 4.74 Å². The first-order valence-electron chi connectivity index (χ1n) is 15.3. The molecule has 1 aromatic heterocycles. The summed E-state index contributed by atoms with van der Waals surface area (Å²) in [7, 11) is -1.83. The van der Waals surface area contributed by atoms with Gasteiger partial charge in [0.15, 0.2) is 0 Å². The van der Waals surface area contributed by atoms with Crippen LogP contribution in [0.4, 0.5) is 4.39 Å². The first kappa shape index (κ1) is 27.9. The van der Waals surface area contributed by atoms with Crippen molar-refractivity contribution >= 4 is 27.0 Å². The topological polar surface area (TPSA) is 83.9 Å². The maximum atomic E-state index is 15.7. The second-order valence-corrected chi connectivity index (χ2v) is 14.4. The Kier molecular flexibility index (Phi) is 7.27. The summed E-state index contributed by atoms with van der Waals surface area (Å²) in [6, 6.07) is 13.4. The molecule has 6 bridgehead atoms. The summed E-state index contributed by atoms with van der Waals surface area (Å²) in [4.78, 5) is 15.8. The van der Waals surface area contributed by atoms with Crippen LogP contribution < -0.4 is 9.46 Å². The largest absolute Gasteiger partial charge is 0.492 e. The van der Waals surface area contributed by atoms with Crippen LogP contribution in [0.1, 0.15) is 60.4 Å². The zero-order valence-electron chi connectivity index (χ0n) is 24.1. The number of nitrogens with one attached hydrogen (secondary N) is 1. The zero-order valence-corrected chi connectivity index (χ0v) is 24.9. The highest BCUT2D eigenvalue weighted by atomic mass is 32.2. The van der Waals surface area contributed by atoms with E-state index < -0.39 is 22.3 Å². The lowest BCUT2D eigenvalue weighted by Crippen LogP contribution is -2.48. The lowest BCUT2D eigenvalue weighted by atomic mass is 9.80. The van der Waals surface area contributed by atoms with E-state index in [1.807, 2.05) is 30.3 Å². The fourth-order valence-electron chi connectivity index (χ4n) is 7.73. The Bertz CT molecular complexity index is 1610. The summed E-state index contributed by atoms with van der Waals surface area (Å²) in [5.41, 5.74) is 3.98. The third kappa shape index (κ3) is 5.01. The quantitative estimate of drug-likeness (QED) is 0.432. The van der Waals surface area contributed by atoms with Gasteiger partial charge in [0.2, 0.25) is 0 Å². The van der Waals surface area contributed by atoms with Gasteiger partial charge in [-0.25, -0.2) is 9.11 Å². The maximum absolute atomic E-state index is 15.7. The van der Waals surface area contributed by atoms with Crippen LogP contribution in [0.3, 0.4) is 0 Å². The monoisotopic (exact) mass is 594 g/mol. The fourth-order valence-corrected chi connectivity index (χ4v) is 8.90. The van der Waals surface area contributed by atoms with Crippen LogP contribution in [0.5, 0.6) is 5.75 Å². The van der Waals surface area contributed by atoms with Gasteiger partial charge in [0.05, 0.1) is 12.3 Å². The van der Waals surface area contributed by atoms with Gasteiger partial charge >= 0.3 is 10.2 Å². The summed E-state index contributed by atoms with van der Waals surface area (Å²) in [6.45, 7) is 3.66. The molecule has 10 heteroatoms. The van der Waals surface area contributed by atoms with Gasteiger partial charge in [-0.1, -0.05) is 31.0 Å². The molecule has 5 aliphatic rings. The number of ether oxygens (including phenoxy) is 1. The van der Waals surface area contributed by atoms with Crippen LogP contribution >= 0.6 is 0 Å². The molecule has 2 aromatic carbocycles. The second-order valence-electron chi connectivity index (χ2n) is 12.7. The fraction of sp³-hybridized carbons (Fsp3) is 0.531. The maximum Gasteiger partial charge on any atom is 0.304 e. The van der Waals surface area contributed by atoms with Crippen molar-refractivity contribution in [2.45, 2.75) is 57.2 Å². The molecule has 1 aliphatic carbocycles. The number of benzene rings is 2. The van der Waals surface area contributed by atoms with Gasteiger partial charge in [0.25, 0.3) is 5.91 Å². The molecule has 0 radical (unpaired) electrons. The van der Waals surface area contributed by atoms with Crippen LogP contribution in [0.15, 0.2) is 42.5 Å². The van der Waals surface area contributed by atoms with Crippen molar-refractivity contribution in [3.8, 4) is 17.0 Å². The highest BCUT2D eigenvalue weighted by Gasteiger charge is 2.36. The Hall–Kier alpha value is -2.95. The van der Waals surface area contributed by atoms with Crippen LogP contribution in [0, 0.1) is 11.8 Å². The van der Waals surface area contributed by atoms with Crippen molar-refractivity contribution in [3.05, 3.63) is 53.6 Å². The molecule has 1 saturated heterocycles. The predicted octanol–water partition coefficient (Wildman–Crippen LogP) is 4.94. The molecule has 224 valence electrons. The molecule has 3 atom stereocenters. The number of carbonyl (C=O) groups is 1. The molecule has 1 N–H and O–H groups in total. The van der Waals surface area contributed by atoms with Crippen molar-refractivity contribution in [2.24, 2.45) is 11.8 Å². The molecule has 3 aromatic rings. The third-order valence-electron chi connectivity index (χ3n) is 9.75. The Morgan fingerprint density at radius 1 is 0.952 bits per heavy atom. The van der Waals surface area contributed by atoms with E-state index in [0.29, 0.717) is 38.6 Å². The first-order valence-corrected chi connectivity index (χ1v) is 16.8. The molecule has 5 heterocycles. The molecular formula is C32H39FN4O4S. The standard InChI is InChI=1S/C32H39FN4O4S/c1-35-17-21-12-14-36(15-13-21)42(39,40)34-32(38)23-10-11-25-28(16-23)37-19-22(18-35)20-41-29-9-5-3-7-26(29)31(37)30(25)24-6-2-4-8-27(24)33/h3,5,7,9-11,16,21-22,24,27H,2,4,6,8,12-15,17-20H2,1H3,(H,34,38)/t22?,24-,27-/m0/s1. The first-order chi connectivity index (χ1) is 20.3. The van der Waals surface area contributed by atoms with Gasteiger partial charge < -0.3 is 14.2 Å². The van der Waals surface area contributed by atoms with Gasteiger partial charge in [0, 0.05) is 66.6 Å². The van der Waals surface area contributed by atoms with Crippen molar-refractivity contribution in [1.29, 1.82) is 0 Å². The number of para-hydroxylation sites is 1. The predicted molar refractivity (Wildman–Crippen MR) is 161 cm³/mol. The Morgan fingerprint density at radius 3 is 2.52 bits per heavy atom. The summed E-state index contributed by atoms with van der Waals surface area (Å²) in [5.74, 6) is 0.413. The number of carbonyl (C=O) groups excluding carboxylic acids is 1. The lowest BCUT2D eigenvalue weighted by molar-refractivity contribution is 0.0977. The van der Waals surface area contributed by atoms with Crippen LogP contribution in [0.2, 0.25) is 0 Å². The molecule has 42 heavy (non-hydrogen) atoms. The van der Waals surface area contributed by atoms with Gasteiger partial charge in [-0.3, -0.25) is 4.79 Å². The van der Waals surface area contributed by atoms with E-state index in [2.05, 4.69) is 21.2 Å². The Labute approximate surface area is 247 Å². The van der Waals surface area contributed by atoms with Gasteiger partial charge in [0.1, 0.15) is 11.9 Å². The lowest BCUT2D eigenvalue weighted by Gasteiger charge is -2.35. The minimum absolute atomic E-state index is 0.156. The highest BCUT2D eigenvalue weighted by molar-refractivity contribution is 7.87. The number of hydrogen-bond acceptors (Lipinski definition) is 5.